The second-order valence-corrected chi connectivity index (χ2v) is 6.16. The van der Waals surface area contributed by atoms with Gasteiger partial charge in [0.15, 0.2) is 0 Å². The fourth-order valence-corrected chi connectivity index (χ4v) is 3.01. The topological polar surface area (TPSA) is 47.6 Å². The molecule has 2 aliphatic rings. The second-order valence-electron chi connectivity index (χ2n) is 6.16. The van der Waals surface area contributed by atoms with E-state index < -0.39 is 5.54 Å². The Morgan fingerprint density at radius 2 is 2.05 bits per heavy atom. The van der Waals surface area contributed by atoms with Crippen molar-refractivity contribution in [2.45, 2.75) is 82.9 Å². The fraction of sp³-hybridized carbons (Fsp3) is 0.938. The Kier molecular flexibility index (Phi) is 5.85. The van der Waals surface area contributed by atoms with E-state index in [0.717, 1.165) is 32.3 Å². The summed E-state index contributed by atoms with van der Waals surface area (Å²) >= 11 is 0. The third kappa shape index (κ3) is 4.19. The fourth-order valence-electron chi connectivity index (χ4n) is 3.01. The van der Waals surface area contributed by atoms with Gasteiger partial charge in [0.25, 0.3) is 0 Å². The molecule has 0 aromatic carbocycles. The molecule has 2 aliphatic carbocycles. The Morgan fingerprint density at radius 1 is 1.25 bits per heavy atom. The average Bonchev–Trinajstić information content (AvgIpc) is 3.14. The molecule has 0 saturated heterocycles. The summed E-state index contributed by atoms with van der Waals surface area (Å²) in [5.41, 5.74) is -0.480. The van der Waals surface area contributed by atoms with Crippen LogP contribution in [0.25, 0.3) is 0 Å². The minimum atomic E-state index is -0.480. The lowest BCUT2D eigenvalue weighted by Gasteiger charge is -2.28. The Bertz CT molecular complexity index is 317. The highest BCUT2D eigenvalue weighted by molar-refractivity contribution is 5.81. The first kappa shape index (κ1) is 15.8. The molecule has 4 heteroatoms. The van der Waals surface area contributed by atoms with Crippen molar-refractivity contribution >= 4 is 5.97 Å². The van der Waals surface area contributed by atoms with Gasteiger partial charge in [-0.25, -0.2) is 0 Å². The lowest BCUT2D eigenvalue weighted by atomic mass is 9.97. The predicted molar refractivity (Wildman–Crippen MR) is 78.6 cm³/mol. The Labute approximate surface area is 122 Å². The molecule has 0 amide bonds. The molecule has 2 fully saturated rings. The molecule has 116 valence electrons. The van der Waals surface area contributed by atoms with Crippen LogP contribution in [-0.2, 0) is 14.3 Å². The van der Waals surface area contributed by atoms with E-state index in [0.29, 0.717) is 12.6 Å². The van der Waals surface area contributed by atoms with Crippen molar-refractivity contribution in [3.8, 4) is 0 Å². The van der Waals surface area contributed by atoms with E-state index in [2.05, 4.69) is 12.2 Å². The van der Waals surface area contributed by atoms with Crippen molar-refractivity contribution in [2.75, 3.05) is 13.2 Å². The van der Waals surface area contributed by atoms with Gasteiger partial charge >= 0.3 is 5.97 Å². The Balaban J connectivity index is 1.84. The van der Waals surface area contributed by atoms with Crippen LogP contribution in [-0.4, -0.2) is 36.9 Å². The van der Waals surface area contributed by atoms with Crippen LogP contribution < -0.4 is 5.32 Å². The minimum Gasteiger partial charge on any atom is -0.465 e. The molecular formula is C16H29NO3. The van der Waals surface area contributed by atoms with Crippen molar-refractivity contribution in [1.29, 1.82) is 0 Å². The number of carbonyl (C=O) groups is 1. The molecule has 0 radical (unpaired) electrons. The van der Waals surface area contributed by atoms with E-state index in [1.54, 1.807) is 0 Å². The Morgan fingerprint density at radius 3 is 2.70 bits per heavy atom. The summed E-state index contributed by atoms with van der Waals surface area (Å²) in [6.45, 7) is 5.34. The molecule has 2 saturated carbocycles. The molecule has 0 bridgehead atoms. The van der Waals surface area contributed by atoms with Gasteiger partial charge in [-0.2, -0.15) is 0 Å². The maximum Gasteiger partial charge on any atom is 0.326 e. The van der Waals surface area contributed by atoms with Crippen molar-refractivity contribution in [3.63, 3.8) is 0 Å². The van der Waals surface area contributed by atoms with Crippen LogP contribution in [0.15, 0.2) is 0 Å². The monoisotopic (exact) mass is 283 g/mol. The molecule has 0 spiro atoms. The summed E-state index contributed by atoms with van der Waals surface area (Å²) < 4.78 is 11.2. The van der Waals surface area contributed by atoms with Gasteiger partial charge in [-0.1, -0.05) is 19.8 Å². The molecule has 0 heterocycles. The van der Waals surface area contributed by atoms with Crippen LogP contribution in [0.1, 0.15) is 65.2 Å². The standard InChI is InChI=1S/C16H29NO3/c1-3-5-6-11-20-14-9-10-16(12-14,15(18)19-4-2)17-13-7-8-13/h13-14,17H,3-12H2,1-2H3. The van der Waals surface area contributed by atoms with Gasteiger partial charge in [0.2, 0.25) is 0 Å². The van der Waals surface area contributed by atoms with Gasteiger partial charge in [0.1, 0.15) is 5.54 Å². The van der Waals surface area contributed by atoms with Gasteiger partial charge < -0.3 is 9.47 Å². The summed E-state index contributed by atoms with van der Waals surface area (Å²) in [5.74, 6) is -0.0773. The average molecular weight is 283 g/mol. The number of hydrogen-bond donors (Lipinski definition) is 1. The maximum absolute atomic E-state index is 12.3. The van der Waals surface area contributed by atoms with Crippen molar-refractivity contribution in [1.82, 2.24) is 5.32 Å². The summed E-state index contributed by atoms with van der Waals surface area (Å²) in [7, 11) is 0. The smallest absolute Gasteiger partial charge is 0.326 e. The van der Waals surface area contributed by atoms with E-state index in [1.165, 1.54) is 25.7 Å². The van der Waals surface area contributed by atoms with Crippen LogP contribution in [0.5, 0.6) is 0 Å². The Hall–Kier alpha value is -0.610. The number of nitrogens with one attached hydrogen (secondary N) is 1. The van der Waals surface area contributed by atoms with Crippen LogP contribution in [0.4, 0.5) is 0 Å². The highest BCUT2D eigenvalue weighted by atomic mass is 16.5. The van der Waals surface area contributed by atoms with Crippen LogP contribution in [0.3, 0.4) is 0 Å². The molecule has 2 atom stereocenters. The van der Waals surface area contributed by atoms with Crippen LogP contribution in [0, 0.1) is 0 Å². The zero-order chi connectivity index (χ0) is 14.4. The van der Waals surface area contributed by atoms with Crippen LogP contribution >= 0.6 is 0 Å². The maximum atomic E-state index is 12.3. The minimum absolute atomic E-state index is 0.0773. The number of unbranched alkanes of at least 4 members (excludes halogenated alkanes) is 2. The highest BCUT2D eigenvalue weighted by Crippen LogP contribution is 2.36. The third-order valence-electron chi connectivity index (χ3n) is 4.29. The second kappa shape index (κ2) is 7.41. The SMILES string of the molecule is CCCCCOC1CCC(NC2CC2)(C(=O)OCC)C1. The summed E-state index contributed by atoms with van der Waals surface area (Å²) in [5, 5.41) is 3.53. The molecular weight excluding hydrogens is 254 g/mol. The van der Waals surface area contributed by atoms with Gasteiger partial charge in [-0.15, -0.1) is 0 Å². The molecule has 0 aliphatic heterocycles. The summed E-state index contributed by atoms with van der Waals surface area (Å²) in [6.07, 6.45) is 8.71. The number of carbonyl (C=O) groups excluding carboxylic acids is 1. The molecule has 0 aromatic rings. The number of rotatable bonds is 9. The normalized spacial score (nSPS) is 29.6. The molecule has 4 nitrogen and oxygen atoms in total. The third-order valence-corrected chi connectivity index (χ3v) is 4.29. The predicted octanol–water partition coefficient (Wildman–Crippen LogP) is 2.80. The van der Waals surface area contributed by atoms with E-state index in [1.807, 2.05) is 6.92 Å². The number of esters is 1. The lowest BCUT2D eigenvalue weighted by molar-refractivity contribution is -0.151. The summed E-state index contributed by atoms with van der Waals surface area (Å²) in [6, 6.07) is 0.512. The van der Waals surface area contributed by atoms with E-state index >= 15 is 0 Å². The van der Waals surface area contributed by atoms with E-state index in [4.69, 9.17) is 9.47 Å². The quantitative estimate of drug-likeness (QED) is 0.522. The molecule has 20 heavy (non-hydrogen) atoms. The molecule has 0 aromatic heterocycles. The van der Waals surface area contributed by atoms with Gasteiger partial charge in [-0.3, -0.25) is 10.1 Å². The van der Waals surface area contributed by atoms with Gasteiger partial charge in [-0.05, 0) is 39.0 Å². The van der Waals surface area contributed by atoms with Crippen LogP contribution in [0.2, 0.25) is 0 Å². The van der Waals surface area contributed by atoms with Crippen molar-refractivity contribution in [2.24, 2.45) is 0 Å². The zero-order valence-electron chi connectivity index (χ0n) is 13.0. The largest absolute Gasteiger partial charge is 0.465 e. The molecule has 2 unspecified atom stereocenters. The highest BCUT2D eigenvalue weighted by Gasteiger charge is 2.49. The number of hydrogen-bond acceptors (Lipinski definition) is 4. The van der Waals surface area contributed by atoms with Gasteiger partial charge in [0.05, 0.1) is 12.7 Å². The molecule has 2 rings (SSSR count). The first-order chi connectivity index (χ1) is 9.70. The van der Waals surface area contributed by atoms with E-state index in [9.17, 15) is 4.79 Å². The lowest BCUT2D eigenvalue weighted by Crippen LogP contribution is -2.52. The first-order valence-corrected chi connectivity index (χ1v) is 8.26. The zero-order valence-corrected chi connectivity index (χ0v) is 13.0. The van der Waals surface area contributed by atoms with Gasteiger partial charge in [0, 0.05) is 19.1 Å². The van der Waals surface area contributed by atoms with Crippen molar-refractivity contribution < 1.29 is 14.3 Å². The molecule has 1 N–H and O–H groups in total. The number of ether oxygens (including phenoxy) is 2. The van der Waals surface area contributed by atoms with E-state index in [-0.39, 0.29) is 12.1 Å². The first-order valence-electron chi connectivity index (χ1n) is 8.26. The summed E-state index contributed by atoms with van der Waals surface area (Å²) in [4.78, 5) is 12.3. The van der Waals surface area contributed by atoms with Crippen molar-refractivity contribution in [3.05, 3.63) is 0 Å².